The number of amides is 1. The molecule has 2 rings (SSSR count). The number of rotatable bonds is 5. The van der Waals surface area contributed by atoms with Crippen LogP contribution < -0.4 is 5.32 Å². The van der Waals surface area contributed by atoms with Gasteiger partial charge >= 0.3 is 6.09 Å². The molecule has 0 unspecified atom stereocenters. The quantitative estimate of drug-likeness (QED) is 0.816. The Kier molecular flexibility index (Phi) is 5.24. The van der Waals surface area contributed by atoms with Gasteiger partial charge in [0.05, 0.1) is 12.2 Å². The summed E-state index contributed by atoms with van der Waals surface area (Å²) in [5.74, 6) is 0.467. The average Bonchev–Trinajstić information content (AvgIpc) is 3.05. The van der Waals surface area contributed by atoms with Crippen LogP contribution in [-0.2, 0) is 4.74 Å². The minimum atomic E-state index is -0.478. The summed E-state index contributed by atoms with van der Waals surface area (Å²) < 4.78 is 5.22. The molecule has 2 heterocycles. The predicted octanol–water partition coefficient (Wildman–Crippen LogP) is 2.04. The van der Waals surface area contributed by atoms with E-state index in [9.17, 15) is 9.59 Å². The van der Waals surface area contributed by atoms with Gasteiger partial charge in [-0.05, 0) is 51.8 Å². The number of aromatic nitrogens is 1. The van der Waals surface area contributed by atoms with Crippen LogP contribution in [0.4, 0.5) is 4.79 Å². The molecule has 1 atom stereocenters. The van der Waals surface area contributed by atoms with Gasteiger partial charge in [-0.1, -0.05) is 0 Å². The van der Waals surface area contributed by atoms with Crippen LogP contribution in [0.25, 0.3) is 0 Å². The van der Waals surface area contributed by atoms with Crippen molar-refractivity contribution in [2.24, 2.45) is 5.92 Å². The molecule has 1 amide bonds. The molecule has 0 bridgehead atoms. The smallest absolute Gasteiger partial charge is 0.407 e. The van der Waals surface area contributed by atoms with Crippen molar-refractivity contribution >= 4 is 11.9 Å². The molecule has 1 aromatic heterocycles. The van der Waals surface area contributed by atoms with Gasteiger partial charge in [-0.2, -0.15) is 0 Å². The van der Waals surface area contributed by atoms with E-state index in [-0.39, 0.29) is 11.9 Å². The molecule has 0 spiro atoms. The number of alkyl carbamates (subject to hydrolysis) is 1. The van der Waals surface area contributed by atoms with Crippen LogP contribution >= 0.6 is 0 Å². The van der Waals surface area contributed by atoms with Gasteiger partial charge in [0.2, 0.25) is 0 Å². The monoisotopic (exact) mass is 307 g/mol. The van der Waals surface area contributed by atoms with E-state index < -0.39 is 5.60 Å². The summed E-state index contributed by atoms with van der Waals surface area (Å²) >= 11 is 0. The normalized spacial score (nSPS) is 19.1. The molecular formula is C16H25N3O3. The second-order valence-corrected chi connectivity index (χ2v) is 6.78. The summed E-state index contributed by atoms with van der Waals surface area (Å²) in [6.07, 6.45) is 2.35. The highest BCUT2D eigenvalue weighted by molar-refractivity contribution is 5.95. The number of nitrogens with one attached hydrogen (secondary N) is 2. The third-order valence-electron chi connectivity index (χ3n) is 3.57. The lowest BCUT2D eigenvalue weighted by molar-refractivity contribution is 0.0519. The van der Waals surface area contributed by atoms with Crippen LogP contribution in [0.2, 0.25) is 0 Å². The third-order valence-corrected chi connectivity index (χ3v) is 3.57. The number of hydrogen-bond acceptors (Lipinski definition) is 4. The molecule has 0 aromatic carbocycles. The van der Waals surface area contributed by atoms with Crippen molar-refractivity contribution in [2.45, 2.75) is 32.8 Å². The molecule has 6 nitrogen and oxygen atoms in total. The van der Waals surface area contributed by atoms with Gasteiger partial charge in [0.25, 0.3) is 0 Å². The highest BCUT2D eigenvalue weighted by Gasteiger charge is 2.25. The maximum absolute atomic E-state index is 12.0. The van der Waals surface area contributed by atoms with Crippen molar-refractivity contribution < 1.29 is 14.3 Å². The Bertz CT molecular complexity index is 505. The highest BCUT2D eigenvalue weighted by Crippen LogP contribution is 2.16. The van der Waals surface area contributed by atoms with Crippen molar-refractivity contribution in [3.8, 4) is 0 Å². The van der Waals surface area contributed by atoms with Gasteiger partial charge in [-0.3, -0.25) is 9.69 Å². The van der Waals surface area contributed by atoms with Crippen LogP contribution in [0, 0.1) is 5.92 Å². The van der Waals surface area contributed by atoms with Crippen molar-refractivity contribution in [3.05, 3.63) is 24.0 Å². The van der Waals surface area contributed by atoms with Gasteiger partial charge in [-0.25, -0.2) is 4.79 Å². The SMILES string of the molecule is CC(C)(C)OC(=O)NC[C@@H]1CCN(CC(=O)c2ccc[nH]2)C1. The van der Waals surface area contributed by atoms with Crippen molar-refractivity contribution in [1.82, 2.24) is 15.2 Å². The third kappa shape index (κ3) is 5.18. The van der Waals surface area contributed by atoms with E-state index in [2.05, 4.69) is 15.2 Å². The zero-order valence-electron chi connectivity index (χ0n) is 13.5. The topological polar surface area (TPSA) is 74.4 Å². The zero-order valence-corrected chi connectivity index (χ0v) is 13.5. The van der Waals surface area contributed by atoms with E-state index in [0.29, 0.717) is 24.7 Å². The van der Waals surface area contributed by atoms with Gasteiger partial charge in [0.15, 0.2) is 5.78 Å². The van der Waals surface area contributed by atoms with E-state index in [1.807, 2.05) is 26.8 Å². The van der Waals surface area contributed by atoms with E-state index in [1.54, 1.807) is 12.3 Å². The highest BCUT2D eigenvalue weighted by atomic mass is 16.6. The number of H-pyrrole nitrogens is 1. The van der Waals surface area contributed by atoms with Crippen molar-refractivity contribution in [1.29, 1.82) is 0 Å². The van der Waals surface area contributed by atoms with E-state index in [4.69, 9.17) is 4.74 Å². The zero-order chi connectivity index (χ0) is 16.2. The summed E-state index contributed by atoms with van der Waals surface area (Å²) in [6.45, 7) is 8.24. The number of likely N-dealkylation sites (tertiary alicyclic amines) is 1. The Morgan fingerprint density at radius 1 is 1.45 bits per heavy atom. The van der Waals surface area contributed by atoms with Crippen LogP contribution in [0.15, 0.2) is 18.3 Å². The summed E-state index contributed by atoms with van der Waals surface area (Å²) in [6, 6.07) is 3.62. The number of carbonyl (C=O) groups is 2. The average molecular weight is 307 g/mol. The maximum atomic E-state index is 12.0. The fraction of sp³-hybridized carbons (Fsp3) is 0.625. The van der Waals surface area contributed by atoms with Gasteiger partial charge in [0.1, 0.15) is 5.60 Å². The number of aromatic amines is 1. The Balaban J connectivity index is 1.69. The molecule has 1 aromatic rings. The van der Waals surface area contributed by atoms with Crippen LogP contribution in [-0.4, -0.2) is 53.5 Å². The minimum absolute atomic E-state index is 0.103. The molecule has 22 heavy (non-hydrogen) atoms. The largest absolute Gasteiger partial charge is 0.444 e. The second kappa shape index (κ2) is 6.96. The molecule has 2 N–H and O–H groups in total. The Labute approximate surface area is 131 Å². The first-order valence-corrected chi connectivity index (χ1v) is 7.69. The van der Waals surface area contributed by atoms with E-state index >= 15 is 0 Å². The molecule has 6 heteroatoms. The summed E-state index contributed by atoms with van der Waals surface area (Å²) in [5.41, 5.74) is 0.171. The molecule has 0 saturated carbocycles. The Hall–Kier alpha value is -1.82. The first kappa shape index (κ1) is 16.5. The van der Waals surface area contributed by atoms with Crippen molar-refractivity contribution in [3.63, 3.8) is 0 Å². The summed E-state index contributed by atoms with van der Waals surface area (Å²) in [5, 5.41) is 2.80. The molecule has 1 aliphatic heterocycles. The predicted molar refractivity (Wildman–Crippen MR) is 83.9 cm³/mol. The lowest BCUT2D eigenvalue weighted by Gasteiger charge is -2.20. The number of ketones is 1. The van der Waals surface area contributed by atoms with E-state index in [0.717, 1.165) is 19.5 Å². The number of carbonyl (C=O) groups excluding carboxylic acids is 2. The molecule has 122 valence electrons. The fourth-order valence-electron chi connectivity index (χ4n) is 2.56. The maximum Gasteiger partial charge on any atom is 0.407 e. The van der Waals surface area contributed by atoms with Crippen LogP contribution in [0.5, 0.6) is 0 Å². The first-order valence-electron chi connectivity index (χ1n) is 7.69. The summed E-state index contributed by atoms with van der Waals surface area (Å²) in [4.78, 5) is 28.7. The minimum Gasteiger partial charge on any atom is -0.444 e. The van der Waals surface area contributed by atoms with Crippen LogP contribution in [0.1, 0.15) is 37.7 Å². The molecule has 1 fully saturated rings. The molecule has 0 aliphatic carbocycles. The fourth-order valence-corrected chi connectivity index (χ4v) is 2.56. The molecule has 1 saturated heterocycles. The van der Waals surface area contributed by atoms with Crippen molar-refractivity contribution in [2.75, 3.05) is 26.2 Å². The molecular weight excluding hydrogens is 282 g/mol. The second-order valence-electron chi connectivity index (χ2n) is 6.78. The number of Topliss-reactive ketones (excluding diaryl/α,β-unsaturated/α-hetero) is 1. The Morgan fingerprint density at radius 2 is 2.23 bits per heavy atom. The molecule has 0 radical (unpaired) electrons. The lowest BCUT2D eigenvalue weighted by atomic mass is 10.1. The Morgan fingerprint density at radius 3 is 2.86 bits per heavy atom. The summed E-state index contributed by atoms with van der Waals surface area (Å²) in [7, 11) is 0. The first-order chi connectivity index (χ1) is 10.3. The standard InChI is InChI=1S/C16H25N3O3/c1-16(2,3)22-15(21)18-9-12-6-8-19(10-12)11-14(20)13-5-4-7-17-13/h4-5,7,12,17H,6,8-11H2,1-3H3,(H,18,21)/t12-/m0/s1. The number of ether oxygens (including phenoxy) is 1. The number of hydrogen-bond donors (Lipinski definition) is 2. The lowest BCUT2D eigenvalue weighted by Crippen LogP contribution is -2.36. The van der Waals surface area contributed by atoms with Gasteiger partial charge < -0.3 is 15.0 Å². The number of nitrogens with zero attached hydrogens (tertiary/aromatic N) is 1. The van der Waals surface area contributed by atoms with Gasteiger partial charge in [-0.15, -0.1) is 0 Å². The van der Waals surface area contributed by atoms with Gasteiger partial charge in [0, 0.05) is 19.3 Å². The van der Waals surface area contributed by atoms with Crippen LogP contribution in [0.3, 0.4) is 0 Å². The van der Waals surface area contributed by atoms with E-state index in [1.165, 1.54) is 0 Å². The molecule has 1 aliphatic rings.